The number of carbonyl (C=O) groups is 1. The number of rotatable bonds is 5. The molecule has 22 heavy (non-hydrogen) atoms. The predicted octanol–water partition coefficient (Wildman–Crippen LogP) is 3.30. The highest BCUT2D eigenvalue weighted by molar-refractivity contribution is 6.04. The van der Waals surface area contributed by atoms with Crippen LogP contribution in [0.2, 0.25) is 0 Å². The molecule has 0 bridgehead atoms. The van der Waals surface area contributed by atoms with Gasteiger partial charge in [-0.2, -0.15) is 4.98 Å². The van der Waals surface area contributed by atoms with Gasteiger partial charge in [0.2, 0.25) is 11.9 Å². The van der Waals surface area contributed by atoms with Crippen LogP contribution in [0, 0.1) is 0 Å². The lowest BCUT2D eigenvalue weighted by Gasteiger charge is -2.11. The van der Waals surface area contributed by atoms with Crippen molar-refractivity contribution >= 4 is 34.7 Å². The highest BCUT2D eigenvalue weighted by Gasteiger charge is 2.16. The molecule has 114 valence electrons. The van der Waals surface area contributed by atoms with Gasteiger partial charge < -0.3 is 11.1 Å². The van der Waals surface area contributed by atoms with Crippen molar-refractivity contribution in [2.24, 2.45) is 0 Å². The normalized spacial score (nSPS) is 12.6. The maximum absolute atomic E-state index is 12.1. The molecule has 3 rings (SSSR count). The van der Waals surface area contributed by atoms with Crippen LogP contribution in [0.3, 0.4) is 0 Å². The number of amides is 1. The van der Waals surface area contributed by atoms with Gasteiger partial charge in [0.15, 0.2) is 0 Å². The molecule has 0 radical (unpaired) electrons. The largest absolute Gasteiger partial charge is 0.368 e. The molecule has 5 nitrogen and oxygen atoms in total. The zero-order valence-electron chi connectivity index (χ0n) is 12.7. The first kappa shape index (κ1) is 14.5. The van der Waals surface area contributed by atoms with E-state index < -0.39 is 0 Å². The van der Waals surface area contributed by atoms with E-state index in [0.717, 1.165) is 42.1 Å². The second-order valence-electron chi connectivity index (χ2n) is 5.57. The van der Waals surface area contributed by atoms with Crippen LogP contribution in [-0.4, -0.2) is 15.9 Å². The number of nitrogen functional groups attached to an aromatic ring is 1. The Morgan fingerprint density at radius 1 is 1.32 bits per heavy atom. The molecule has 2 aromatic rings. The summed E-state index contributed by atoms with van der Waals surface area (Å²) in [4.78, 5) is 20.6. The third kappa shape index (κ3) is 2.79. The highest BCUT2D eigenvalue weighted by atomic mass is 16.1. The van der Waals surface area contributed by atoms with Crippen molar-refractivity contribution in [2.75, 3.05) is 11.1 Å². The van der Waals surface area contributed by atoms with Gasteiger partial charge in [-0.05, 0) is 30.0 Å². The Labute approximate surface area is 129 Å². The summed E-state index contributed by atoms with van der Waals surface area (Å²) in [6.45, 7) is 2.12. The molecule has 1 aromatic heterocycles. The number of hydrogen-bond donors (Lipinski definition) is 2. The standard InChI is InChI=1S/C17H20N4O/c1-2-3-4-8-14(22)20-16-15-12-7-5-6-11(12)9-10-13(15)19-17(18)21-16/h5,7,9-10H,2-4,6,8H2,1H3,(H3,18,19,20,21,22). The Morgan fingerprint density at radius 3 is 3.00 bits per heavy atom. The quantitative estimate of drug-likeness (QED) is 0.829. The average molecular weight is 296 g/mol. The van der Waals surface area contributed by atoms with Gasteiger partial charge in [0.1, 0.15) is 5.82 Å². The van der Waals surface area contributed by atoms with Crippen LogP contribution in [0.15, 0.2) is 18.2 Å². The molecule has 1 aliphatic carbocycles. The minimum absolute atomic E-state index is 0.0209. The van der Waals surface area contributed by atoms with Crippen molar-refractivity contribution < 1.29 is 4.79 Å². The fourth-order valence-electron chi connectivity index (χ4n) is 2.80. The van der Waals surface area contributed by atoms with Crippen molar-refractivity contribution in [3.63, 3.8) is 0 Å². The summed E-state index contributed by atoms with van der Waals surface area (Å²) < 4.78 is 0. The summed E-state index contributed by atoms with van der Waals surface area (Å²) in [7, 11) is 0. The molecule has 1 amide bonds. The Morgan fingerprint density at radius 2 is 2.18 bits per heavy atom. The molecule has 0 aliphatic heterocycles. The summed E-state index contributed by atoms with van der Waals surface area (Å²) in [5.41, 5.74) is 8.85. The molecular weight excluding hydrogens is 276 g/mol. The van der Waals surface area contributed by atoms with E-state index in [-0.39, 0.29) is 11.9 Å². The molecular formula is C17H20N4O. The molecule has 0 unspecified atom stereocenters. The van der Waals surface area contributed by atoms with Gasteiger partial charge in [0.05, 0.1) is 10.9 Å². The first-order valence-corrected chi connectivity index (χ1v) is 7.74. The lowest BCUT2D eigenvalue weighted by atomic mass is 10.0. The van der Waals surface area contributed by atoms with Crippen LogP contribution in [0.5, 0.6) is 0 Å². The maximum Gasteiger partial charge on any atom is 0.225 e. The van der Waals surface area contributed by atoms with E-state index in [1.165, 1.54) is 5.56 Å². The highest BCUT2D eigenvalue weighted by Crippen LogP contribution is 2.32. The van der Waals surface area contributed by atoms with Crippen LogP contribution in [0.25, 0.3) is 17.0 Å². The molecule has 1 aromatic carbocycles. The number of hydrogen-bond acceptors (Lipinski definition) is 4. The number of carbonyl (C=O) groups excluding carboxylic acids is 1. The topological polar surface area (TPSA) is 80.9 Å². The van der Waals surface area contributed by atoms with Crippen LogP contribution in [-0.2, 0) is 11.2 Å². The molecule has 0 fully saturated rings. The Balaban J connectivity index is 1.96. The zero-order valence-corrected chi connectivity index (χ0v) is 12.7. The SMILES string of the molecule is CCCCCC(=O)Nc1nc(N)nc2ccc3c(c12)C=CC3. The van der Waals surface area contributed by atoms with E-state index >= 15 is 0 Å². The monoisotopic (exact) mass is 296 g/mol. The third-order valence-electron chi connectivity index (χ3n) is 3.90. The molecule has 3 N–H and O–H groups in total. The number of allylic oxidation sites excluding steroid dienone is 1. The van der Waals surface area contributed by atoms with Crippen molar-refractivity contribution in [2.45, 2.75) is 39.0 Å². The molecule has 0 spiro atoms. The van der Waals surface area contributed by atoms with Gasteiger partial charge in [0.25, 0.3) is 0 Å². The van der Waals surface area contributed by atoms with Crippen molar-refractivity contribution in [1.29, 1.82) is 0 Å². The maximum atomic E-state index is 12.1. The Hall–Kier alpha value is -2.43. The number of nitrogens with zero attached hydrogens (tertiary/aromatic N) is 2. The third-order valence-corrected chi connectivity index (χ3v) is 3.90. The number of nitrogens with two attached hydrogens (primary N) is 1. The molecule has 0 atom stereocenters. The van der Waals surface area contributed by atoms with Gasteiger partial charge >= 0.3 is 0 Å². The number of unbranched alkanes of at least 4 members (excludes halogenated alkanes) is 2. The summed E-state index contributed by atoms with van der Waals surface area (Å²) >= 11 is 0. The fraction of sp³-hybridized carbons (Fsp3) is 0.353. The summed E-state index contributed by atoms with van der Waals surface area (Å²) in [5.74, 6) is 0.679. The van der Waals surface area contributed by atoms with E-state index in [2.05, 4.69) is 40.4 Å². The minimum atomic E-state index is -0.0209. The lowest BCUT2D eigenvalue weighted by molar-refractivity contribution is -0.116. The summed E-state index contributed by atoms with van der Waals surface area (Å²) in [6.07, 6.45) is 8.60. The second kappa shape index (κ2) is 6.13. The van der Waals surface area contributed by atoms with Gasteiger partial charge in [0, 0.05) is 6.42 Å². The number of benzene rings is 1. The predicted molar refractivity (Wildman–Crippen MR) is 89.5 cm³/mol. The van der Waals surface area contributed by atoms with Gasteiger partial charge in [-0.1, -0.05) is 38.0 Å². The minimum Gasteiger partial charge on any atom is -0.368 e. The number of aromatic nitrogens is 2. The summed E-state index contributed by atoms with van der Waals surface area (Å²) in [6, 6.07) is 3.99. The summed E-state index contributed by atoms with van der Waals surface area (Å²) in [5, 5.41) is 3.79. The van der Waals surface area contributed by atoms with Gasteiger partial charge in [-0.3, -0.25) is 4.79 Å². The van der Waals surface area contributed by atoms with Crippen molar-refractivity contribution in [3.8, 4) is 0 Å². The van der Waals surface area contributed by atoms with Crippen LogP contribution >= 0.6 is 0 Å². The first-order chi connectivity index (χ1) is 10.7. The van der Waals surface area contributed by atoms with Crippen LogP contribution in [0.1, 0.15) is 43.7 Å². The van der Waals surface area contributed by atoms with E-state index in [9.17, 15) is 4.79 Å². The molecule has 0 saturated heterocycles. The van der Waals surface area contributed by atoms with Gasteiger partial charge in [-0.25, -0.2) is 4.98 Å². The molecule has 1 aliphatic rings. The molecule has 0 saturated carbocycles. The first-order valence-electron chi connectivity index (χ1n) is 7.74. The molecule has 1 heterocycles. The van der Waals surface area contributed by atoms with Crippen LogP contribution in [0.4, 0.5) is 11.8 Å². The van der Waals surface area contributed by atoms with Gasteiger partial charge in [-0.15, -0.1) is 0 Å². The van der Waals surface area contributed by atoms with E-state index in [4.69, 9.17) is 5.73 Å². The Kier molecular flexibility index (Phi) is 4.04. The number of anilines is 2. The van der Waals surface area contributed by atoms with Crippen LogP contribution < -0.4 is 11.1 Å². The lowest BCUT2D eigenvalue weighted by Crippen LogP contribution is -2.14. The van der Waals surface area contributed by atoms with Crippen molar-refractivity contribution in [3.05, 3.63) is 29.3 Å². The Bertz CT molecular complexity index is 752. The molecule has 5 heteroatoms. The second-order valence-corrected chi connectivity index (χ2v) is 5.57. The smallest absolute Gasteiger partial charge is 0.225 e. The van der Waals surface area contributed by atoms with E-state index in [0.29, 0.717) is 12.2 Å². The number of nitrogens with one attached hydrogen (secondary N) is 1. The average Bonchev–Trinajstić information content (AvgIpc) is 2.95. The van der Waals surface area contributed by atoms with E-state index in [1.807, 2.05) is 6.07 Å². The van der Waals surface area contributed by atoms with Crippen molar-refractivity contribution in [1.82, 2.24) is 9.97 Å². The number of fused-ring (bicyclic) bond motifs is 3. The zero-order chi connectivity index (χ0) is 15.5. The fourth-order valence-corrected chi connectivity index (χ4v) is 2.80. The van der Waals surface area contributed by atoms with E-state index in [1.54, 1.807) is 0 Å².